The molecular weight excluding hydrogens is 338 g/mol. The number of nitrogens with zero attached hydrogens (tertiary/aromatic N) is 1. The van der Waals surface area contributed by atoms with E-state index in [9.17, 15) is 9.59 Å². The highest BCUT2D eigenvalue weighted by molar-refractivity contribution is 5.84. The first-order chi connectivity index (χ1) is 12.4. The number of nitrogens with one attached hydrogen (secondary N) is 1. The number of methoxy groups -OCH3 is 1. The Balaban J connectivity index is 2.02. The Hall–Kier alpha value is -2.35. The SMILES string of the molecule is COCCOc1nc(OC(=O)N[C@@H](CC(C)C)C(N)=O)ccc1C1CC1. The lowest BCUT2D eigenvalue weighted by atomic mass is 10.0. The number of carbonyl (C=O) groups is 2. The van der Waals surface area contributed by atoms with Gasteiger partial charge in [-0.3, -0.25) is 4.79 Å². The van der Waals surface area contributed by atoms with Crippen molar-refractivity contribution in [3.63, 3.8) is 0 Å². The maximum atomic E-state index is 12.1. The lowest BCUT2D eigenvalue weighted by Gasteiger charge is -2.17. The van der Waals surface area contributed by atoms with E-state index < -0.39 is 18.0 Å². The molecule has 1 fully saturated rings. The van der Waals surface area contributed by atoms with E-state index >= 15 is 0 Å². The van der Waals surface area contributed by atoms with Crippen LogP contribution in [0.2, 0.25) is 0 Å². The third-order valence-electron chi connectivity index (χ3n) is 3.95. The molecule has 8 heteroatoms. The van der Waals surface area contributed by atoms with E-state index in [1.165, 1.54) is 0 Å². The second-order valence-electron chi connectivity index (χ2n) is 6.78. The Bertz CT molecular complexity index is 631. The minimum Gasteiger partial charge on any atom is -0.475 e. The Labute approximate surface area is 153 Å². The van der Waals surface area contributed by atoms with Gasteiger partial charge in [-0.1, -0.05) is 13.8 Å². The smallest absolute Gasteiger partial charge is 0.414 e. The van der Waals surface area contributed by atoms with Crippen molar-refractivity contribution in [2.75, 3.05) is 20.3 Å². The van der Waals surface area contributed by atoms with Gasteiger partial charge in [-0.25, -0.2) is 4.79 Å². The number of nitrogens with two attached hydrogens (primary N) is 1. The number of carbonyl (C=O) groups excluding carboxylic acids is 2. The Morgan fingerprint density at radius 3 is 2.62 bits per heavy atom. The van der Waals surface area contributed by atoms with Gasteiger partial charge >= 0.3 is 6.09 Å². The molecule has 1 saturated carbocycles. The summed E-state index contributed by atoms with van der Waals surface area (Å²) in [7, 11) is 1.59. The number of hydrogen-bond acceptors (Lipinski definition) is 6. The number of rotatable bonds is 10. The zero-order chi connectivity index (χ0) is 19.1. The number of pyridine rings is 1. The van der Waals surface area contributed by atoms with Gasteiger partial charge in [0.25, 0.3) is 0 Å². The molecule has 8 nitrogen and oxygen atoms in total. The van der Waals surface area contributed by atoms with Gasteiger partial charge in [0.05, 0.1) is 6.61 Å². The van der Waals surface area contributed by atoms with E-state index in [2.05, 4.69) is 10.3 Å². The monoisotopic (exact) mass is 365 g/mol. The van der Waals surface area contributed by atoms with Crippen molar-refractivity contribution in [2.45, 2.75) is 45.1 Å². The molecule has 0 aromatic carbocycles. The summed E-state index contributed by atoms with van der Waals surface area (Å²) in [5.74, 6) is 0.588. The molecule has 1 heterocycles. The second-order valence-corrected chi connectivity index (χ2v) is 6.78. The van der Waals surface area contributed by atoms with Crippen molar-refractivity contribution < 1.29 is 23.8 Å². The maximum absolute atomic E-state index is 12.1. The molecule has 0 aliphatic heterocycles. The molecule has 0 unspecified atom stereocenters. The fourth-order valence-corrected chi connectivity index (χ4v) is 2.52. The van der Waals surface area contributed by atoms with Gasteiger partial charge in [-0.15, -0.1) is 0 Å². The van der Waals surface area contributed by atoms with Gasteiger partial charge in [0.2, 0.25) is 17.7 Å². The van der Waals surface area contributed by atoms with Crippen LogP contribution in [-0.2, 0) is 9.53 Å². The minimum absolute atomic E-state index is 0.104. The van der Waals surface area contributed by atoms with Gasteiger partial charge in [0.1, 0.15) is 12.6 Å². The predicted molar refractivity (Wildman–Crippen MR) is 95.2 cm³/mol. The summed E-state index contributed by atoms with van der Waals surface area (Å²) in [4.78, 5) is 27.8. The molecular formula is C18H27N3O5. The average molecular weight is 365 g/mol. The normalized spacial score (nSPS) is 14.8. The predicted octanol–water partition coefficient (Wildman–Crippen LogP) is 1.97. The van der Waals surface area contributed by atoms with Crippen LogP contribution in [0.25, 0.3) is 0 Å². The van der Waals surface area contributed by atoms with Crippen molar-refractivity contribution in [3.8, 4) is 11.8 Å². The standard InChI is InChI=1S/C18H27N3O5/c1-11(2)10-14(16(19)22)20-18(23)26-15-7-6-13(12-4-5-12)17(21-15)25-9-8-24-3/h6-7,11-12,14H,4-5,8-10H2,1-3H3,(H2,19,22)(H,20,23)/t14-/m0/s1. The van der Waals surface area contributed by atoms with Crippen molar-refractivity contribution in [1.29, 1.82) is 0 Å². The fourth-order valence-electron chi connectivity index (χ4n) is 2.52. The quantitative estimate of drug-likeness (QED) is 0.613. The summed E-state index contributed by atoms with van der Waals surface area (Å²) >= 11 is 0. The summed E-state index contributed by atoms with van der Waals surface area (Å²) in [6, 6.07) is 2.69. The van der Waals surface area contributed by atoms with E-state index in [1.807, 2.05) is 19.9 Å². The summed E-state index contributed by atoms with van der Waals surface area (Å²) in [6.45, 7) is 4.67. The third kappa shape index (κ3) is 6.18. The van der Waals surface area contributed by atoms with Crippen LogP contribution in [0.1, 0.15) is 44.6 Å². The molecule has 2 amide bonds. The zero-order valence-electron chi connectivity index (χ0n) is 15.5. The molecule has 144 valence electrons. The van der Waals surface area contributed by atoms with Gasteiger partial charge in [0, 0.05) is 18.7 Å². The molecule has 1 aromatic heterocycles. The summed E-state index contributed by atoms with van der Waals surface area (Å²) < 4.78 is 15.8. The molecule has 1 aromatic rings. The molecule has 1 aliphatic carbocycles. The van der Waals surface area contributed by atoms with Crippen LogP contribution in [-0.4, -0.2) is 43.3 Å². The number of ether oxygens (including phenoxy) is 3. The van der Waals surface area contributed by atoms with E-state index in [-0.39, 0.29) is 11.8 Å². The van der Waals surface area contributed by atoms with Crippen LogP contribution in [0.5, 0.6) is 11.8 Å². The van der Waals surface area contributed by atoms with E-state index in [4.69, 9.17) is 19.9 Å². The number of hydrogen-bond donors (Lipinski definition) is 2. The molecule has 0 spiro atoms. The van der Waals surface area contributed by atoms with E-state index in [0.717, 1.165) is 18.4 Å². The fraction of sp³-hybridized carbons (Fsp3) is 0.611. The van der Waals surface area contributed by atoms with Crippen molar-refractivity contribution in [3.05, 3.63) is 17.7 Å². The van der Waals surface area contributed by atoms with Crippen LogP contribution in [0, 0.1) is 5.92 Å². The summed E-state index contributed by atoms with van der Waals surface area (Å²) in [5, 5.41) is 2.48. The first-order valence-electron chi connectivity index (χ1n) is 8.81. The average Bonchev–Trinajstić information content (AvgIpc) is 3.39. The van der Waals surface area contributed by atoms with Gasteiger partial charge in [-0.05, 0) is 37.2 Å². The molecule has 26 heavy (non-hydrogen) atoms. The van der Waals surface area contributed by atoms with E-state index in [1.54, 1.807) is 13.2 Å². The Kier molecular flexibility index (Phi) is 7.20. The summed E-state index contributed by atoms with van der Waals surface area (Å²) in [5.41, 5.74) is 6.33. The Morgan fingerprint density at radius 1 is 1.31 bits per heavy atom. The molecule has 3 N–H and O–H groups in total. The highest BCUT2D eigenvalue weighted by Gasteiger charge is 2.28. The van der Waals surface area contributed by atoms with Gasteiger partial charge < -0.3 is 25.3 Å². The molecule has 1 atom stereocenters. The first-order valence-corrected chi connectivity index (χ1v) is 8.81. The highest BCUT2D eigenvalue weighted by atomic mass is 16.6. The Morgan fingerprint density at radius 2 is 2.04 bits per heavy atom. The lowest BCUT2D eigenvalue weighted by Crippen LogP contribution is -2.46. The first kappa shape index (κ1) is 20.0. The third-order valence-corrected chi connectivity index (χ3v) is 3.95. The maximum Gasteiger partial charge on any atom is 0.414 e. The topological polar surface area (TPSA) is 113 Å². The van der Waals surface area contributed by atoms with Gasteiger partial charge in [-0.2, -0.15) is 4.98 Å². The van der Waals surface area contributed by atoms with Crippen molar-refractivity contribution >= 4 is 12.0 Å². The van der Waals surface area contributed by atoms with Crippen LogP contribution >= 0.6 is 0 Å². The molecule has 0 bridgehead atoms. The van der Waals surface area contributed by atoms with Crippen LogP contribution < -0.4 is 20.5 Å². The summed E-state index contributed by atoms with van der Waals surface area (Å²) in [6.07, 6.45) is 1.85. The minimum atomic E-state index is -0.786. The molecule has 0 radical (unpaired) electrons. The van der Waals surface area contributed by atoms with Crippen LogP contribution in [0.4, 0.5) is 4.79 Å². The van der Waals surface area contributed by atoms with Crippen LogP contribution in [0.15, 0.2) is 12.1 Å². The van der Waals surface area contributed by atoms with E-state index in [0.29, 0.717) is 31.4 Å². The molecule has 2 rings (SSSR count). The lowest BCUT2D eigenvalue weighted by molar-refractivity contribution is -0.120. The number of primary amides is 1. The van der Waals surface area contributed by atoms with Crippen LogP contribution in [0.3, 0.4) is 0 Å². The second kappa shape index (κ2) is 9.38. The van der Waals surface area contributed by atoms with Crippen molar-refractivity contribution in [2.24, 2.45) is 11.7 Å². The highest BCUT2D eigenvalue weighted by Crippen LogP contribution is 2.44. The van der Waals surface area contributed by atoms with Gasteiger partial charge in [0.15, 0.2) is 0 Å². The molecule has 0 saturated heterocycles. The van der Waals surface area contributed by atoms with Crippen molar-refractivity contribution in [1.82, 2.24) is 10.3 Å². The largest absolute Gasteiger partial charge is 0.475 e. The number of aromatic nitrogens is 1. The molecule has 1 aliphatic rings. The zero-order valence-corrected chi connectivity index (χ0v) is 15.5. The number of amides is 2.